The number of hydrogen-bond donors (Lipinski definition) is 1. The van der Waals surface area contributed by atoms with Crippen molar-refractivity contribution in [1.82, 2.24) is 5.32 Å². The van der Waals surface area contributed by atoms with Crippen LogP contribution in [0.15, 0.2) is 60.7 Å². The van der Waals surface area contributed by atoms with Gasteiger partial charge in [0, 0.05) is 12.3 Å². The van der Waals surface area contributed by atoms with Crippen LogP contribution in [0.1, 0.15) is 42.9 Å². The van der Waals surface area contributed by atoms with Gasteiger partial charge in [0.2, 0.25) is 5.91 Å². The van der Waals surface area contributed by atoms with E-state index in [0.29, 0.717) is 0 Å². The Morgan fingerprint density at radius 3 is 2.00 bits per heavy atom. The van der Waals surface area contributed by atoms with Crippen molar-refractivity contribution < 1.29 is 14.3 Å². The standard InChI is InChI=1S/C20H23NO3/c1-15(16-9-5-3-6-10-16)21-19(22)13-18(14-20(23)24-2)17-11-7-4-8-12-17/h3-12,15,18H,13-14H2,1-2H3,(H,21,22)/t15-,18+/m1/s1. The average Bonchev–Trinajstić information content (AvgIpc) is 2.62. The number of carbonyl (C=O) groups excluding carboxylic acids is 2. The molecule has 4 nitrogen and oxygen atoms in total. The number of nitrogens with one attached hydrogen (secondary N) is 1. The Morgan fingerprint density at radius 2 is 1.46 bits per heavy atom. The highest BCUT2D eigenvalue weighted by Crippen LogP contribution is 2.24. The molecule has 2 rings (SSSR count). The monoisotopic (exact) mass is 325 g/mol. The van der Waals surface area contributed by atoms with Crippen LogP contribution in [-0.4, -0.2) is 19.0 Å². The molecule has 0 bridgehead atoms. The van der Waals surface area contributed by atoms with Gasteiger partial charge in [-0.3, -0.25) is 9.59 Å². The van der Waals surface area contributed by atoms with Crippen molar-refractivity contribution in [2.24, 2.45) is 0 Å². The van der Waals surface area contributed by atoms with Gasteiger partial charge in [0.1, 0.15) is 0 Å². The van der Waals surface area contributed by atoms with Gasteiger partial charge in [-0.25, -0.2) is 0 Å². The Hall–Kier alpha value is -2.62. The lowest BCUT2D eigenvalue weighted by molar-refractivity contribution is -0.141. The molecule has 2 aromatic carbocycles. The minimum Gasteiger partial charge on any atom is -0.469 e. The van der Waals surface area contributed by atoms with Crippen LogP contribution in [0.2, 0.25) is 0 Å². The van der Waals surface area contributed by atoms with Crippen molar-refractivity contribution in [2.45, 2.75) is 31.7 Å². The Labute approximate surface area is 142 Å². The van der Waals surface area contributed by atoms with Gasteiger partial charge in [-0.2, -0.15) is 0 Å². The summed E-state index contributed by atoms with van der Waals surface area (Å²) in [4.78, 5) is 24.1. The van der Waals surface area contributed by atoms with Gasteiger partial charge in [0.25, 0.3) is 0 Å². The molecular formula is C20H23NO3. The first-order chi connectivity index (χ1) is 11.6. The van der Waals surface area contributed by atoms with Crippen LogP contribution in [-0.2, 0) is 14.3 Å². The minimum atomic E-state index is -0.312. The number of benzene rings is 2. The zero-order chi connectivity index (χ0) is 17.4. The smallest absolute Gasteiger partial charge is 0.306 e. The van der Waals surface area contributed by atoms with Crippen LogP contribution in [0.5, 0.6) is 0 Å². The molecule has 2 atom stereocenters. The molecule has 4 heteroatoms. The van der Waals surface area contributed by atoms with E-state index in [1.54, 1.807) is 0 Å². The summed E-state index contributed by atoms with van der Waals surface area (Å²) >= 11 is 0. The van der Waals surface area contributed by atoms with Gasteiger partial charge in [-0.1, -0.05) is 60.7 Å². The van der Waals surface area contributed by atoms with Gasteiger partial charge >= 0.3 is 5.97 Å². The Kier molecular flexibility index (Phi) is 6.55. The predicted molar refractivity (Wildman–Crippen MR) is 93.4 cm³/mol. The zero-order valence-corrected chi connectivity index (χ0v) is 14.1. The van der Waals surface area contributed by atoms with Crippen molar-refractivity contribution in [1.29, 1.82) is 0 Å². The summed E-state index contributed by atoms with van der Waals surface area (Å²) in [6.07, 6.45) is 0.434. The molecular weight excluding hydrogens is 302 g/mol. The lowest BCUT2D eigenvalue weighted by Gasteiger charge is -2.19. The van der Waals surface area contributed by atoms with Crippen LogP contribution in [0.4, 0.5) is 0 Å². The molecule has 0 saturated heterocycles. The first kappa shape index (κ1) is 17.7. The maximum absolute atomic E-state index is 12.4. The lowest BCUT2D eigenvalue weighted by Crippen LogP contribution is -2.28. The van der Waals surface area contributed by atoms with Gasteiger partial charge in [0.15, 0.2) is 0 Å². The fraction of sp³-hybridized carbons (Fsp3) is 0.300. The molecule has 126 valence electrons. The summed E-state index contributed by atoms with van der Waals surface area (Å²) in [5.74, 6) is -0.585. The lowest BCUT2D eigenvalue weighted by atomic mass is 9.92. The normalized spacial score (nSPS) is 12.9. The van der Waals surface area contributed by atoms with Gasteiger partial charge in [-0.15, -0.1) is 0 Å². The molecule has 0 aromatic heterocycles. The number of rotatable bonds is 7. The summed E-state index contributed by atoms with van der Waals surface area (Å²) in [7, 11) is 1.36. The third-order valence-electron chi connectivity index (χ3n) is 4.02. The zero-order valence-electron chi connectivity index (χ0n) is 14.1. The maximum atomic E-state index is 12.4. The predicted octanol–water partition coefficient (Wildman–Crippen LogP) is 3.60. The number of amides is 1. The Balaban J connectivity index is 2.03. The summed E-state index contributed by atoms with van der Waals surface area (Å²) in [6.45, 7) is 1.95. The van der Waals surface area contributed by atoms with E-state index >= 15 is 0 Å². The molecule has 0 unspecified atom stereocenters. The van der Waals surface area contributed by atoms with Crippen molar-refractivity contribution >= 4 is 11.9 Å². The first-order valence-corrected chi connectivity index (χ1v) is 8.06. The Bertz CT molecular complexity index is 655. The van der Waals surface area contributed by atoms with Gasteiger partial charge in [-0.05, 0) is 18.1 Å². The topological polar surface area (TPSA) is 55.4 Å². The van der Waals surface area contributed by atoms with E-state index in [0.717, 1.165) is 11.1 Å². The first-order valence-electron chi connectivity index (χ1n) is 8.06. The van der Waals surface area contributed by atoms with Gasteiger partial charge in [0.05, 0.1) is 19.6 Å². The second-order valence-electron chi connectivity index (χ2n) is 5.79. The summed E-state index contributed by atoms with van der Waals surface area (Å²) in [5, 5.41) is 3.00. The fourth-order valence-corrected chi connectivity index (χ4v) is 2.67. The molecule has 1 amide bonds. The fourth-order valence-electron chi connectivity index (χ4n) is 2.67. The molecule has 2 aromatic rings. The highest BCUT2D eigenvalue weighted by Gasteiger charge is 2.21. The van der Waals surface area contributed by atoms with E-state index in [9.17, 15) is 9.59 Å². The van der Waals surface area contributed by atoms with Crippen molar-refractivity contribution in [2.75, 3.05) is 7.11 Å². The third kappa shape index (κ3) is 5.23. The number of methoxy groups -OCH3 is 1. The third-order valence-corrected chi connectivity index (χ3v) is 4.02. The molecule has 0 radical (unpaired) electrons. The van der Waals surface area contributed by atoms with E-state index in [1.165, 1.54) is 7.11 Å². The molecule has 0 saturated carbocycles. The Morgan fingerprint density at radius 1 is 0.917 bits per heavy atom. The largest absolute Gasteiger partial charge is 0.469 e. The number of hydrogen-bond acceptors (Lipinski definition) is 3. The molecule has 0 spiro atoms. The number of carbonyl (C=O) groups is 2. The highest BCUT2D eigenvalue weighted by molar-refractivity contribution is 5.79. The van der Waals surface area contributed by atoms with E-state index in [4.69, 9.17) is 4.74 Å². The number of ether oxygens (including phenoxy) is 1. The molecule has 0 aliphatic heterocycles. The molecule has 0 fully saturated rings. The second kappa shape index (κ2) is 8.87. The van der Waals surface area contributed by atoms with Crippen LogP contribution < -0.4 is 5.32 Å². The molecule has 1 N–H and O–H groups in total. The summed E-state index contributed by atoms with van der Waals surface area (Å²) in [6, 6.07) is 19.3. The van der Waals surface area contributed by atoms with Crippen LogP contribution >= 0.6 is 0 Å². The van der Waals surface area contributed by atoms with Crippen LogP contribution in [0, 0.1) is 0 Å². The van der Waals surface area contributed by atoms with E-state index in [2.05, 4.69) is 5.32 Å². The van der Waals surface area contributed by atoms with Crippen molar-refractivity contribution in [3.63, 3.8) is 0 Å². The second-order valence-corrected chi connectivity index (χ2v) is 5.79. The maximum Gasteiger partial charge on any atom is 0.306 e. The molecule has 24 heavy (non-hydrogen) atoms. The van der Waals surface area contributed by atoms with Crippen molar-refractivity contribution in [3.05, 3.63) is 71.8 Å². The highest BCUT2D eigenvalue weighted by atomic mass is 16.5. The minimum absolute atomic E-state index is 0.0757. The van der Waals surface area contributed by atoms with Crippen LogP contribution in [0.25, 0.3) is 0 Å². The van der Waals surface area contributed by atoms with E-state index in [1.807, 2.05) is 67.6 Å². The quantitative estimate of drug-likeness (QED) is 0.791. The molecule has 0 aliphatic carbocycles. The molecule has 0 aliphatic rings. The average molecular weight is 325 g/mol. The molecule has 0 heterocycles. The van der Waals surface area contributed by atoms with Gasteiger partial charge < -0.3 is 10.1 Å². The van der Waals surface area contributed by atoms with Crippen molar-refractivity contribution in [3.8, 4) is 0 Å². The SMILES string of the molecule is COC(=O)C[C@H](CC(=O)N[C@H](C)c1ccccc1)c1ccccc1. The van der Waals surface area contributed by atoms with Crippen LogP contribution in [0.3, 0.4) is 0 Å². The van der Waals surface area contributed by atoms with E-state index in [-0.39, 0.29) is 36.7 Å². The summed E-state index contributed by atoms with van der Waals surface area (Å²) in [5.41, 5.74) is 2.01. The van der Waals surface area contributed by atoms with E-state index < -0.39 is 0 Å². The summed E-state index contributed by atoms with van der Waals surface area (Å²) < 4.78 is 4.76. The number of esters is 1.